The van der Waals surface area contributed by atoms with Gasteiger partial charge in [0.05, 0.1) is 22.8 Å². The molecule has 0 unspecified atom stereocenters. The number of benzene rings is 2. The topological polar surface area (TPSA) is 79.2 Å². The lowest BCUT2D eigenvalue weighted by atomic mass is 10.2. The van der Waals surface area contributed by atoms with Gasteiger partial charge in [-0.2, -0.15) is 0 Å². The monoisotopic (exact) mass is 382 g/mol. The highest BCUT2D eigenvalue weighted by atomic mass is 32.2. The number of phenolic OH excluding ortho intramolecular Hbond substituents is 1. The Bertz CT molecular complexity index is 918. The molecule has 1 amide bonds. The zero-order chi connectivity index (χ0) is 19.4. The van der Waals surface area contributed by atoms with Crippen molar-refractivity contribution in [2.45, 2.75) is 6.92 Å². The van der Waals surface area contributed by atoms with E-state index in [2.05, 4.69) is 4.99 Å². The van der Waals surface area contributed by atoms with Crippen LogP contribution in [0.3, 0.4) is 0 Å². The largest absolute Gasteiger partial charge is 0.508 e. The molecule has 3 rings (SSSR count). The number of amides is 1. The van der Waals surface area contributed by atoms with E-state index in [-0.39, 0.29) is 17.6 Å². The van der Waals surface area contributed by atoms with Crippen molar-refractivity contribution in [3.63, 3.8) is 0 Å². The van der Waals surface area contributed by atoms with E-state index < -0.39 is 0 Å². The standard InChI is InChI=1S/C20H18N2O4S/c1-3-26-19(25)14-6-8-15(9-7-14)21-20-22(2)18(24)17(27-20)12-13-4-10-16(23)11-5-13/h4-12,23H,3H2,1-2H3. The molecule has 27 heavy (non-hydrogen) atoms. The molecule has 0 saturated carbocycles. The molecule has 0 aromatic heterocycles. The summed E-state index contributed by atoms with van der Waals surface area (Å²) >= 11 is 1.27. The van der Waals surface area contributed by atoms with Gasteiger partial charge in [-0.1, -0.05) is 12.1 Å². The molecular weight excluding hydrogens is 364 g/mol. The van der Waals surface area contributed by atoms with Crippen LogP contribution in [0.1, 0.15) is 22.8 Å². The first-order valence-corrected chi connectivity index (χ1v) is 9.12. The summed E-state index contributed by atoms with van der Waals surface area (Å²) in [5.74, 6) is -0.346. The second-order valence-electron chi connectivity index (χ2n) is 5.73. The Morgan fingerprint density at radius 2 is 1.85 bits per heavy atom. The number of ether oxygens (including phenoxy) is 1. The van der Waals surface area contributed by atoms with Gasteiger partial charge >= 0.3 is 5.97 Å². The second kappa shape index (κ2) is 8.09. The molecule has 0 atom stereocenters. The van der Waals surface area contributed by atoms with Crippen molar-refractivity contribution in [1.29, 1.82) is 0 Å². The summed E-state index contributed by atoms with van der Waals surface area (Å²) in [5.41, 5.74) is 1.91. The van der Waals surface area contributed by atoms with Gasteiger partial charge in [0.15, 0.2) is 5.17 Å². The zero-order valence-corrected chi connectivity index (χ0v) is 15.7. The first-order chi connectivity index (χ1) is 13.0. The predicted molar refractivity (Wildman–Crippen MR) is 106 cm³/mol. The van der Waals surface area contributed by atoms with E-state index in [1.54, 1.807) is 68.6 Å². The molecule has 6 nitrogen and oxygen atoms in total. The van der Waals surface area contributed by atoms with Crippen molar-refractivity contribution in [3.8, 4) is 5.75 Å². The highest BCUT2D eigenvalue weighted by Gasteiger charge is 2.30. The van der Waals surface area contributed by atoms with Gasteiger partial charge in [-0.05, 0) is 66.7 Å². The van der Waals surface area contributed by atoms with Crippen LogP contribution < -0.4 is 0 Å². The smallest absolute Gasteiger partial charge is 0.338 e. The molecule has 0 aliphatic carbocycles. The quantitative estimate of drug-likeness (QED) is 0.643. The molecule has 1 saturated heterocycles. The number of aromatic hydroxyl groups is 1. The fourth-order valence-corrected chi connectivity index (χ4v) is 3.36. The number of hydrogen-bond acceptors (Lipinski definition) is 6. The minimum absolute atomic E-state index is 0.144. The minimum Gasteiger partial charge on any atom is -0.508 e. The molecular formula is C20H18N2O4S. The van der Waals surface area contributed by atoms with Gasteiger partial charge in [0, 0.05) is 7.05 Å². The molecule has 1 heterocycles. The first kappa shape index (κ1) is 18.7. The number of rotatable bonds is 4. The Balaban J connectivity index is 1.79. The van der Waals surface area contributed by atoms with Gasteiger partial charge in [-0.25, -0.2) is 9.79 Å². The van der Waals surface area contributed by atoms with Crippen molar-refractivity contribution >= 4 is 40.6 Å². The van der Waals surface area contributed by atoms with Crippen LogP contribution >= 0.6 is 11.8 Å². The maximum absolute atomic E-state index is 12.4. The minimum atomic E-state index is -0.377. The average molecular weight is 382 g/mol. The molecule has 2 aromatic carbocycles. The van der Waals surface area contributed by atoms with Crippen molar-refractivity contribution in [1.82, 2.24) is 4.90 Å². The molecule has 0 bridgehead atoms. The molecule has 0 spiro atoms. The van der Waals surface area contributed by atoms with Crippen molar-refractivity contribution in [2.75, 3.05) is 13.7 Å². The average Bonchev–Trinajstić information content (AvgIpc) is 2.92. The summed E-state index contributed by atoms with van der Waals surface area (Å²) in [6.45, 7) is 2.08. The van der Waals surface area contributed by atoms with Crippen LogP contribution in [0, 0.1) is 0 Å². The van der Waals surface area contributed by atoms with Crippen LogP contribution in [0.25, 0.3) is 6.08 Å². The summed E-state index contributed by atoms with van der Waals surface area (Å²) in [5, 5.41) is 9.90. The van der Waals surface area contributed by atoms with Crippen LogP contribution in [0.4, 0.5) is 5.69 Å². The van der Waals surface area contributed by atoms with E-state index in [0.29, 0.717) is 27.9 Å². The third-order valence-electron chi connectivity index (χ3n) is 3.80. The fraction of sp³-hybridized carbons (Fsp3) is 0.150. The van der Waals surface area contributed by atoms with Crippen LogP contribution in [0.5, 0.6) is 5.75 Å². The number of thioether (sulfide) groups is 1. The maximum atomic E-state index is 12.4. The first-order valence-electron chi connectivity index (χ1n) is 8.30. The van der Waals surface area contributed by atoms with E-state index in [1.807, 2.05) is 0 Å². The predicted octanol–water partition coefficient (Wildman–Crippen LogP) is 3.80. The molecule has 138 valence electrons. The van der Waals surface area contributed by atoms with Crippen molar-refractivity contribution < 1.29 is 19.4 Å². The van der Waals surface area contributed by atoms with E-state index >= 15 is 0 Å². The number of nitrogens with zero attached hydrogens (tertiary/aromatic N) is 2. The number of amidine groups is 1. The van der Waals surface area contributed by atoms with Gasteiger partial charge in [-0.3, -0.25) is 9.69 Å². The molecule has 1 aliphatic rings. The zero-order valence-electron chi connectivity index (χ0n) is 14.9. The summed E-state index contributed by atoms with van der Waals surface area (Å²) < 4.78 is 4.96. The second-order valence-corrected chi connectivity index (χ2v) is 6.74. The van der Waals surface area contributed by atoms with Crippen LogP contribution in [-0.4, -0.2) is 40.7 Å². The summed E-state index contributed by atoms with van der Waals surface area (Å²) in [6, 6.07) is 13.3. The third-order valence-corrected chi connectivity index (χ3v) is 4.86. The van der Waals surface area contributed by atoms with Crippen molar-refractivity contribution in [3.05, 3.63) is 64.6 Å². The van der Waals surface area contributed by atoms with E-state index in [4.69, 9.17) is 4.74 Å². The van der Waals surface area contributed by atoms with Crippen LogP contribution in [0.2, 0.25) is 0 Å². The number of carbonyl (C=O) groups excluding carboxylic acids is 2. The number of aliphatic imine (C=N–C) groups is 1. The molecule has 2 aromatic rings. The molecule has 1 fully saturated rings. The summed E-state index contributed by atoms with van der Waals surface area (Å²) in [4.78, 5) is 30.7. The number of hydrogen-bond donors (Lipinski definition) is 1. The third kappa shape index (κ3) is 4.38. The normalized spacial score (nSPS) is 17.0. The molecule has 1 N–H and O–H groups in total. The Hall–Kier alpha value is -3.06. The Kier molecular flexibility index (Phi) is 5.61. The number of carbonyl (C=O) groups is 2. The van der Waals surface area contributed by atoms with Crippen LogP contribution in [0.15, 0.2) is 58.4 Å². The van der Waals surface area contributed by atoms with E-state index in [9.17, 15) is 14.7 Å². The summed E-state index contributed by atoms with van der Waals surface area (Å²) in [6.07, 6.45) is 1.76. The van der Waals surface area contributed by atoms with Gasteiger partial charge in [0.25, 0.3) is 5.91 Å². The van der Waals surface area contributed by atoms with E-state index in [0.717, 1.165) is 5.56 Å². The maximum Gasteiger partial charge on any atom is 0.338 e. The Labute approximate surface area is 161 Å². The SMILES string of the molecule is CCOC(=O)c1ccc(N=C2SC(=Cc3ccc(O)cc3)C(=O)N2C)cc1. The van der Waals surface area contributed by atoms with Gasteiger partial charge in [0.2, 0.25) is 0 Å². The van der Waals surface area contributed by atoms with Gasteiger partial charge < -0.3 is 9.84 Å². The number of esters is 1. The van der Waals surface area contributed by atoms with E-state index in [1.165, 1.54) is 16.7 Å². The molecule has 1 aliphatic heterocycles. The highest BCUT2D eigenvalue weighted by molar-refractivity contribution is 8.18. The van der Waals surface area contributed by atoms with Gasteiger partial charge in [0.1, 0.15) is 5.75 Å². The van der Waals surface area contributed by atoms with Crippen LogP contribution in [-0.2, 0) is 9.53 Å². The number of likely N-dealkylation sites (N-methyl/N-ethyl adjacent to an activating group) is 1. The molecule has 7 heteroatoms. The lowest BCUT2D eigenvalue weighted by molar-refractivity contribution is -0.121. The van der Waals surface area contributed by atoms with Gasteiger partial charge in [-0.15, -0.1) is 0 Å². The Morgan fingerprint density at radius 3 is 2.48 bits per heavy atom. The number of phenols is 1. The van der Waals surface area contributed by atoms with Crippen molar-refractivity contribution in [2.24, 2.45) is 4.99 Å². The lowest BCUT2D eigenvalue weighted by Gasteiger charge is -2.07. The molecule has 0 radical (unpaired) electrons. The highest BCUT2D eigenvalue weighted by Crippen LogP contribution is 2.33. The Morgan fingerprint density at radius 1 is 1.19 bits per heavy atom. The lowest BCUT2D eigenvalue weighted by Crippen LogP contribution is -2.23. The fourth-order valence-electron chi connectivity index (χ4n) is 2.37. The summed E-state index contributed by atoms with van der Waals surface area (Å²) in [7, 11) is 1.67.